The van der Waals surface area contributed by atoms with E-state index in [1.165, 1.54) is 25.8 Å². The van der Waals surface area contributed by atoms with Crippen molar-refractivity contribution in [1.29, 1.82) is 0 Å². The molecule has 3 unspecified atom stereocenters. The first-order chi connectivity index (χ1) is 7.18. The van der Waals surface area contributed by atoms with Crippen LogP contribution in [0.15, 0.2) is 0 Å². The molecular formula is C11H20N2O2. The molecule has 2 N–H and O–H groups in total. The Labute approximate surface area is 90.6 Å². The van der Waals surface area contributed by atoms with Crippen LogP contribution in [0.3, 0.4) is 0 Å². The molecule has 2 heterocycles. The summed E-state index contributed by atoms with van der Waals surface area (Å²) >= 11 is 0. The molecule has 2 aliphatic rings. The van der Waals surface area contributed by atoms with Crippen LogP contribution in [0, 0.1) is 0 Å². The molecule has 0 aromatic heterocycles. The van der Waals surface area contributed by atoms with Crippen LogP contribution < -0.4 is 5.32 Å². The molecule has 0 aliphatic carbocycles. The Kier molecular flexibility index (Phi) is 3.26. The van der Waals surface area contributed by atoms with Crippen molar-refractivity contribution < 1.29 is 9.90 Å². The summed E-state index contributed by atoms with van der Waals surface area (Å²) in [7, 11) is 0. The van der Waals surface area contributed by atoms with E-state index in [0.717, 1.165) is 13.0 Å². The minimum atomic E-state index is -0.746. The smallest absolute Gasteiger partial charge is 0.320 e. The number of nitrogens with one attached hydrogen (secondary N) is 1. The summed E-state index contributed by atoms with van der Waals surface area (Å²) < 4.78 is 0. The maximum Gasteiger partial charge on any atom is 0.320 e. The predicted octanol–water partition coefficient (Wildman–Crippen LogP) is 0.676. The summed E-state index contributed by atoms with van der Waals surface area (Å²) in [4.78, 5) is 13.3. The topological polar surface area (TPSA) is 52.6 Å². The fourth-order valence-electron chi connectivity index (χ4n) is 2.83. The highest BCUT2D eigenvalue weighted by atomic mass is 16.4. The van der Waals surface area contributed by atoms with Crippen molar-refractivity contribution in [1.82, 2.24) is 10.2 Å². The van der Waals surface area contributed by atoms with E-state index in [-0.39, 0.29) is 0 Å². The number of nitrogens with zero attached hydrogens (tertiary/aromatic N) is 1. The molecule has 2 fully saturated rings. The van der Waals surface area contributed by atoms with E-state index >= 15 is 0 Å². The molecule has 0 bridgehead atoms. The van der Waals surface area contributed by atoms with Gasteiger partial charge in [0, 0.05) is 18.6 Å². The van der Waals surface area contributed by atoms with Crippen LogP contribution in [0.25, 0.3) is 0 Å². The first-order valence-electron chi connectivity index (χ1n) is 5.91. The minimum absolute atomic E-state index is 0.386. The zero-order valence-corrected chi connectivity index (χ0v) is 9.28. The second-order valence-corrected chi connectivity index (χ2v) is 4.72. The molecule has 0 radical (unpaired) electrons. The number of rotatable bonds is 3. The van der Waals surface area contributed by atoms with Gasteiger partial charge in [0.25, 0.3) is 0 Å². The van der Waals surface area contributed by atoms with E-state index in [1.54, 1.807) is 6.92 Å². The molecular weight excluding hydrogens is 192 g/mol. The van der Waals surface area contributed by atoms with Gasteiger partial charge in [0.1, 0.15) is 6.04 Å². The summed E-state index contributed by atoms with van der Waals surface area (Å²) in [6.45, 7) is 4.06. The van der Waals surface area contributed by atoms with Gasteiger partial charge in [-0.25, -0.2) is 0 Å². The molecule has 86 valence electrons. The summed E-state index contributed by atoms with van der Waals surface area (Å²) in [5, 5.41) is 12.1. The first-order valence-corrected chi connectivity index (χ1v) is 5.91. The van der Waals surface area contributed by atoms with Gasteiger partial charge in [0.15, 0.2) is 0 Å². The molecule has 0 amide bonds. The Morgan fingerprint density at radius 3 is 2.93 bits per heavy atom. The van der Waals surface area contributed by atoms with Gasteiger partial charge in [0.05, 0.1) is 0 Å². The van der Waals surface area contributed by atoms with Gasteiger partial charge >= 0.3 is 5.97 Å². The fraction of sp³-hybridized carbons (Fsp3) is 0.909. The Morgan fingerprint density at radius 1 is 1.40 bits per heavy atom. The molecule has 2 rings (SSSR count). The molecule has 0 aromatic carbocycles. The molecule has 2 saturated heterocycles. The van der Waals surface area contributed by atoms with Crippen LogP contribution in [0.5, 0.6) is 0 Å². The lowest BCUT2D eigenvalue weighted by Gasteiger charge is -2.33. The lowest BCUT2D eigenvalue weighted by atomic mass is 9.98. The highest BCUT2D eigenvalue weighted by Gasteiger charge is 2.36. The van der Waals surface area contributed by atoms with E-state index in [4.69, 9.17) is 5.11 Å². The maximum atomic E-state index is 10.8. The Morgan fingerprint density at radius 2 is 2.20 bits per heavy atom. The maximum absolute atomic E-state index is 10.8. The van der Waals surface area contributed by atoms with Crippen LogP contribution in [0.2, 0.25) is 0 Å². The lowest BCUT2D eigenvalue weighted by Crippen LogP contribution is -2.49. The lowest BCUT2D eigenvalue weighted by molar-refractivity contribution is -0.139. The third kappa shape index (κ3) is 2.32. The van der Waals surface area contributed by atoms with Gasteiger partial charge in [0.2, 0.25) is 0 Å². The van der Waals surface area contributed by atoms with Gasteiger partial charge in [-0.05, 0) is 32.7 Å². The van der Waals surface area contributed by atoms with Gasteiger partial charge in [-0.15, -0.1) is 0 Å². The fourth-order valence-corrected chi connectivity index (χ4v) is 2.83. The second kappa shape index (κ2) is 4.49. The van der Waals surface area contributed by atoms with Crippen molar-refractivity contribution in [2.24, 2.45) is 0 Å². The number of hydrogen-bond acceptors (Lipinski definition) is 3. The third-order valence-electron chi connectivity index (χ3n) is 3.69. The third-order valence-corrected chi connectivity index (χ3v) is 3.69. The molecule has 2 aliphatic heterocycles. The Hall–Kier alpha value is -0.610. The van der Waals surface area contributed by atoms with Gasteiger partial charge < -0.3 is 10.4 Å². The molecule has 3 atom stereocenters. The molecule has 4 nitrogen and oxygen atoms in total. The van der Waals surface area contributed by atoms with Gasteiger partial charge in [-0.3, -0.25) is 9.69 Å². The number of carboxylic acid groups (broad SMARTS) is 1. The average Bonchev–Trinajstić information content (AvgIpc) is 2.62. The minimum Gasteiger partial charge on any atom is -0.480 e. The van der Waals surface area contributed by atoms with Crippen LogP contribution in [-0.4, -0.2) is 47.2 Å². The monoisotopic (exact) mass is 212 g/mol. The quantitative estimate of drug-likeness (QED) is 0.722. The van der Waals surface area contributed by atoms with Crippen molar-refractivity contribution in [3.05, 3.63) is 0 Å². The summed E-state index contributed by atoms with van der Waals surface area (Å²) in [6.07, 6.45) is 4.92. The number of carboxylic acids is 1. The zero-order chi connectivity index (χ0) is 10.8. The van der Waals surface area contributed by atoms with E-state index in [0.29, 0.717) is 12.1 Å². The number of fused-ring (bicyclic) bond motifs is 1. The largest absolute Gasteiger partial charge is 0.480 e. The number of piperidine rings is 1. The van der Waals surface area contributed by atoms with Crippen LogP contribution >= 0.6 is 0 Å². The van der Waals surface area contributed by atoms with E-state index in [2.05, 4.69) is 10.2 Å². The number of aliphatic carboxylic acids is 1. The summed E-state index contributed by atoms with van der Waals surface area (Å²) in [5.74, 6) is -0.746. The van der Waals surface area contributed by atoms with Crippen LogP contribution in [0.4, 0.5) is 0 Å². The Bertz CT molecular complexity index is 245. The summed E-state index contributed by atoms with van der Waals surface area (Å²) in [5.41, 5.74) is 0. The van der Waals surface area contributed by atoms with Crippen molar-refractivity contribution >= 4 is 5.97 Å². The summed E-state index contributed by atoms with van der Waals surface area (Å²) in [6, 6.07) is 0.550. The normalized spacial score (nSPS) is 33.7. The van der Waals surface area contributed by atoms with E-state index in [1.807, 2.05) is 0 Å². The molecule has 0 saturated carbocycles. The molecule has 0 aromatic rings. The van der Waals surface area contributed by atoms with Crippen molar-refractivity contribution in [2.75, 3.05) is 13.1 Å². The standard InChI is InChI=1S/C11H20N2O2/c1-8(11(14)15)12-9-5-7-13-6-3-2-4-10(9)13/h8-10,12H,2-7H2,1H3,(H,14,15). The zero-order valence-electron chi connectivity index (χ0n) is 9.28. The van der Waals surface area contributed by atoms with Crippen molar-refractivity contribution in [3.8, 4) is 0 Å². The first kappa shape index (κ1) is 10.9. The number of carbonyl (C=O) groups is 1. The van der Waals surface area contributed by atoms with Crippen LogP contribution in [-0.2, 0) is 4.79 Å². The average molecular weight is 212 g/mol. The predicted molar refractivity (Wildman–Crippen MR) is 57.9 cm³/mol. The van der Waals surface area contributed by atoms with E-state index in [9.17, 15) is 4.79 Å². The van der Waals surface area contributed by atoms with Gasteiger partial charge in [-0.1, -0.05) is 6.42 Å². The SMILES string of the molecule is CC(NC1CCN2CCCCC12)C(=O)O. The van der Waals surface area contributed by atoms with Crippen LogP contribution in [0.1, 0.15) is 32.6 Å². The Balaban J connectivity index is 1.90. The van der Waals surface area contributed by atoms with E-state index < -0.39 is 12.0 Å². The molecule has 0 spiro atoms. The van der Waals surface area contributed by atoms with Crippen molar-refractivity contribution in [2.45, 2.75) is 50.7 Å². The van der Waals surface area contributed by atoms with Gasteiger partial charge in [-0.2, -0.15) is 0 Å². The highest BCUT2D eigenvalue weighted by molar-refractivity contribution is 5.72. The second-order valence-electron chi connectivity index (χ2n) is 4.72. The molecule has 15 heavy (non-hydrogen) atoms. The highest BCUT2D eigenvalue weighted by Crippen LogP contribution is 2.27. The molecule has 4 heteroatoms. The number of hydrogen-bond donors (Lipinski definition) is 2. The van der Waals surface area contributed by atoms with Crippen molar-refractivity contribution in [3.63, 3.8) is 0 Å².